The highest BCUT2D eigenvalue weighted by Gasteiger charge is 2.22. The second-order valence-electron chi connectivity index (χ2n) is 3.21. The van der Waals surface area contributed by atoms with Crippen LogP contribution >= 0.6 is 11.8 Å². The van der Waals surface area contributed by atoms with Gasteiger partial charge in [-0.05, 0) is 24.0 Å². The van der Waals surface area contributed by atoms with Crippen molar-refractivity contribution in [2.45, 2.75) is 18.1 Å². The number of hydrogen-bond acceptors (Lipinski definition) is 2. The van der Waals surface area contributed by atoms with Crippen LogP contribution in [0.4, 0.5) is 0 Å². The molecule has 0 spiro atoms. The van der Waals surface area contributed by atoms with Gasteiger partial charge in [0.05, 0.1) is 0 Å². The third-order valence-corrected chi connectivity index (χ3v) is 3.38. The number of amidine groups is 1. The molecule has 1 aromatic rings. The molecule has 0 fully saturated rings. The average molecular weight is 192 g/mol. The number of nitrogens with one attached hydrogen (secondary N) is 1. The Hall–Kier alpha value is -0.960. The molecule has 2 nitrogen and oxygen atoms in total. The molecule has 0 aliphatic heterocycles. The first-order chi connectivity index (χ1) is 6.27. The molecule has 2 rings (SSSR count). The first-order valence-electron chi connectivity index (χ1n) is 4.36. The minimum atomic E-state index is 0.224. The summed E-state index contributed by atoms with van der Waals surface area (Å²) in [7, 11) is 0. The summed E-state index contributed by atoms with van der Waals surface area (Å²) < 4.78 is 0. The SMILES string of the molecule is N=C(N)SC1CCc2ccccc21. The molecule has 0 saturated heterocycles. The van der Waals surface area contributed by atoms with Crippen LogP contribution in [0.15, 0.2) is 24.3 Å². The summed E-state index contributed by atoms with van der Waals surface area (Å²) in [6.45, 7) is 0. The van der Waals surface area contributed by atoms with Gasteiger partial charge in [0, 0.05) is 5.25 Å². The predicted molar refractivity (Wildman–Crippen MR) is 57.0 cm³/mol. The normalized spacial score (nSPS) is 19.8. The van der Waals surface area contributed by atoms with E-state index in [0.717, 1.165) is 12.8 Å². The molecule has 13 heavy (non-hydrogen) atoms. The molecule has 0 bridgehead atoms. The van der Waals surface area contributed by atoms with E-state index in [1.54, 1.807) is 0 Å². The number of aryl methyl sites for hydroxylation is 1. The van der Waals surface area contributed by atoms with E-state index in [9.17, 15) is 0 Å². The maximum atomic E-state index is 7.24. The monoisotopic (exact) mass is 192 g/mol. The van der Waals surface area contributed by atoms with Crippen LogP contribution < -0.4 is 5.73 Å². The number of nitrogens with two attached hydrogens (primary N) is 1. The van der Waals surface area contributed by atoms with Crippen LogP contribution in [0.3, 0.4) is 0 Å². The van der Waals surface area contributed by atoms with Crippen LogP contribution in [0.2, 0.25) is 0 Å². The zero-order chi connectivity index (χ0) is 9.26. The first-order valence-corrected chi connectivity index (χ1v) is 5.24. The fourth-order valence-electron chi connectivity index (χ4n) is 1.79. The van der Waals surface area contributed by atoms with Gasteiger partial charge in [0.1, 0.15) is 0 Å². The van der Waals surface area contributed by atoms with Crippen molar-refractivity contribution >= 4 is 16.9 Å². The van der Waals surface area contributed by atoms with Crippen molar-refractivity contribution in [2.24, 2.45) is 5.73 Å². The molecule has 0 saturated carbocycles. The molecule has 1 unspecified atom stereocenters. The smallest absolute Gasteiger partial charge is 0.151 e. The average Bonchev–Trinajstić information content (AvgIpc) is 2.48. The van der Waals surface area contributed by atoms with E-state index in [-0.39, 0.29) is 5.17 Å². The van der Waals surface area contributed by atoms with Crippen LogP contribution in [-0.2, 0) is 6.42 Å². The highest BCUT2D eigenvalue weighted by atomic mass is 32.2. The van der Waals surface area contributed by atoms with Crippen molar-refractivity contribution < 1.29 is 0 Å². The molecule has 1 atom stereocenters. The number of benzene rings is 1. The summed E-state index contributed by atoms with van der Waals surface area (Å²) in [6.07, 6.45) is 2.24. The number of thioether (sulfide) groups is 1. The van der Waals surface area contributed by atoms with Gasteiger partial charge in [-0.3, -0.25) is 5.41 Å². The molecule has 0 amide bonds. The maximum Gasteiger partial charge on any atom is 0.151 e. The minimum absolute atomic E-state index is 0.224. The van der Waals surface area contributed by atoms with Crippen LogP contribution in [0.1, 0.15) is 22.8 Å². The van der Waals surface area contributed by atoms with Gasteiger partial charge in [0.25, 0.3) is 0 Å². The van der Waals surface area contributed by atoms with Crippen molar-refractivity contribution in [1.82, 2.24) is 0 Å². The molecule has 0 heterocycles. The summed E-state index contributed by atoms with van der Waals surface area (Å²) in [5.41, 5.74) is 8.16. The zero-order valence-corrected chi connectivity index (χ0v) is 8.10. The second kappa shape index (κ2) is 3.42. The Balaban J connectivity index is 2.23. The van der Waals surface area contributed by atoms with Gasteiger partial charge >= 0.3 is 0 Å². The molecule has 1 aromatic carbocycles. The summed E-state index contributed by atoms with van der Waals surface area (Å²) >= 11 is 1.47. The van der Waals surface area contributed by atoms with Gasteiger partial charge < -0.3 is 5.73 Å². The molecule has 1 aliphatic carbocycles. The Morgan fingerprint density at radius 2 is 2.23 bits per heavy atom. The minimum Gasteiger partial charge on any atom is -0.379 e. The lowest BCUT2D eigenvalue weighted by molar-refractivity contribution is 0.894. The molecule has 3 heteroatoms. The van der Waals surface area contributed by atoms with Crippen molar-refractivity contribution in [3.8, 4) is 0 Å². The van der Waals surface area contributed by atoms with Crippen LogP contribution in [-0.4, -0.2) is 5.17 Å². The molecule has 3 N–H and O–H groups in total. The van der Waals surface area contributed by atoms with Crippen molar-refractivity contribution in [2.75, 3.05) is 0 Å². The summed E-state index contributed by atoms with van der Waals surface area (Å²) in [4.78, 5) is 0. The van der Waals surface area contributed by atoms with E-state index in [1.165, 1.54) is 22.9 Å². The van der Waals surface area contributed by atoms with Crippen LogP contribution in [0.25, 0.3) is 0 Å². The summed E-state index contributed by atoms with van der Waals surface area (Å²) in [5.74, 6) is 0. The molecule has 68 valence electrons. The van der Waals surface area contributed by atoms with Crippen LogP contribution in [0.5, 0.6) is 0 Å². The van der Waals surface area contributed by atoms with E-state index in [1.807, 2.05) is 0 Å². The standard InChI is InChI=1S/C10H12N2S/c11-10(12)13-9-6-5-7-3-1-2-4-8(7)9/h1-4,9H,5-6H2,(H3,11,12). The van der Waals surface area contributed by atoms with Crippen molar-refractivity contribution in [3.05, 3.63) is 35.4 Å². The highest BCUT2D eigenvalue weighted by molar-refractivity contribution is 8.13. The first kappa shape index (κ1) is 8.63. The predicted octanol–water partition coefficient (Wildman–Crippen LogP) is 2.30. The van der Waals surface area contributed by atoms with Gasteiger partial charge in [0.2, 0.25) is 0 Å². The number of rotatable bonds is 1. The molecular formula is C10H12N2S. The molecule has 0 aromatic heterocycles. The van der Waals surface area contributed by atoms with E-state index in [0.29, 0.717) is 5.25 Å². The Kier molecular flexibility index (Phi) is 2.27. The third kappa shape index (κ3) is 1.70. The van der Waals surface area contributed by atoms with E-state index < -0.39 is 0 Å². The molecular weight excluding hydrogens is 180 g/mol. The Bertz CT molecular complexity index is 335. The van der Waals surface area contributed by atoms with Crippen molar-refractivity contribution in [1.29, 1.82) is 5.41 Å². The van der Waals surface area contributed by atoms with Gasteiger partial charge in [0.15, 0.2) is 5.17 Å². The Morgan fingerprint density at radius 3 is 3.00 bits per heavy atom. The van der Waals surface area contributed by atoms with Gasteiger partial charge in [-0.1, -0.05) is 36.0 Å². The number of fused-ring (bicyclic) bond motifs is 1. The molecule has 1 aliphatic rings. The number of hydrogen-bond donors (Lipinski definition) is 2. The highest BCUT2D eigenvalue weighted by Crippen LogP contribution is 2.40. The lowest BCUT2D eigenvalue weighted by Gasteiger charge is -2.08. The topological polar surface area (TPSA) is 49.9 Å². The fourth-order valence-corrected chi connectivity index (χ4v) is 2.69. The lowest BCUT2D eigenvalue weighted by Crippen LogP contribution is -2.06. The van der Waals surface area contributed by atoms with E-state index >= 15 is 0 Å². The fraction of sp³-hybridized carbons (Fsp3) is 0.300. The zero-order valence-electron chi connectivity index (χ0n) is 7.29. The molecule has 0 radical (unpaired) electrons. The van der Waals surface area contributed by atoms with Crippen LogP contribution in [0, 0.1) is 5.41 Å². The summed E-state index contributed by atoms with van der Waals surface area (Å²) in [6, 6.07) is 8.43. The lowest BCUT2D eigenvalue weighted by atomic mass is 10.1. The summed E-state index contributed by atoms with van der Waals surface area (Å²) in [5, 5.41) is 7.88. The Labute approximate surface area is 82.0 Å². The van der Waals surface area contributed by atoms with Gasteiger partial charge in [-0.25, -0.2) is 0 Å². The van der Waals surface area contributed by atoms with E-state index in [4.69, 9.17) is 11.1 Å². The Morgan fingerprint density at radius 1 is 1.46 bits per heavy atom. The quantitative estimate of drug-likeness (QED) is 0.530. The van der Waals surface area contributed by atoms with E-state index in [2.05, 4.69) is 24.3 Å². The maximum absolute atomic E-state index is 7.24. The van der Waals surface area contributed by atoms with Gasteiger partial charge in [-0.2, -0.15) is 0 Å². The third-order valence-electron chi connectivity index (χ3n) is 2.35. The van der Waals surface area contributed by atoms with Crippen molar-refractivity contribution in [3.63, 3.8) is 0 Å². The second-order valence-corrected chi connectivity index (χ2v) is 4.45. The largest absolute Gasteiger partial charge is 0.379 e. The van der Waals surface area contributed by atoms with Gasteiger partial charge in [-0.15, -0.1) is 0 Å².